The molecular formula is C15H23F3N2O2. The van der Waals surface area contributed by atoms with Crippen molar-refractivity contribution in [3.8, 4) is 0 Å². The second-order valence-corrected chi connectivity index (χ2v) is 6.42. The van der Waals surface area contributed by atoms with Gasteiger partial charge >= 0.3 is 18.1 Å². The topological polar surface area (TPSA) is 40.6 Å². The minimum atomic E-state index is -5.00. The van der Waals surface area contributed by atoms with Crippen molar-refractivity contribution >= 4 is 11.9 Å². The minimum absolute atomic E-state index is 0.425. The van der Waals surface area contributed by atoms with Gasteiger partial charge in [-0.05, 0) is 31.6 Å². The Morgan fingerprint density at radius 1 is 1.00 bits per heavy atom. The first-order valence-electron chi connectivity index (χ1n) is 8.00. The smallest absolute Gasteiger partial charge is 0.324 e. The first-order valence-corrected chi connectivity index (χ1v) is 8.00. The Bertz CT molecular complexity index is 412. The number of rotatable bonds is 1. The molecule has 0 unspecified atom stereocenters. The van der Waals surface area contributed by atoms with Crippen molar-refractivity contribution in [1.29, 1.82) is 0 Å². The van der Waals surface area contributed by atoms with Gasteiger partial charge in [0.1, 0.15) is 0 Å². The summed E-state index contributed by atoms with van der Waals surface area (Å²) >= 11 is 0. The number of alkyl halides is 3. The summed E-state index contributed by atoms with van der Waals surface area (Å²) in [5, 5.41) is 0. The predicted molar refractivity (Wildman–Crippen MR) is 75.1 cm³/mol. The Morgan fingerprint density at radius 3 is 2.05 bits per heavy atom. The average molecular weight is 320 g/mol. The van der Waals surface area contributed by atoms with E-state index in [1.165, 1.54) is 4.90 Å². The highest BCUT2D eigenvalue weighted by atomic mass is 19.4. The fourth-order valence-corrected chi connectivity index (χ4v) is 3.24. The fourth-order valence-electron chi connectivity index (χ4n) is 3.24. The normalized spacial score (nSPS) is 21.7. The summed E-state index contributed by atoms with van der Waals surface area (Å²) in [6.07, 6.45) is -0.0616. The van der Waals surface area contributed by atoms with Gasteiger partial charge in [-0.3, -0.25) is 9.69 Å². The van der Waals surface area contributed by atoms with Crippen LogP contribution in [0.15, 0.2) is 0 Å². The number of hydrogen-bond acceptors (Lipinski definition) is 2. The Hall–Kier alpha value is -1.27. The lowest BCUT2D eigenvalue weighted by molar-refractivity contribution is -0.185. The third-order valence-corrected chi connectivity index (χ3v) is 4.66. The molecule has 2 fully saturated rings. The van der Waals surface area contributed by atoms with Crippen LogP contribution < -0.4 is 0 Å². The van der Waals surface area contributed by atoms with Crippen molar-refractivity contribution in [3.63, 3.8) is 0 Å². The molecule has 1 aliphatic carbocycles. The number of carbonyl (C=O) groups excluding carboxylic acids is 2. The van der Waals surface area contributed by atoms with E-state index in [0.717, 1.165) is 32.1 Å². The lowest BCUT2D eigenvalue weighted by Crippen LogP contribution is -2.56. The molecule has 3 amide bonds. The van der Waals surface area contributed by atoms with Crippen LogP contribution in [0.3, 0.4) is 0 Å². The van der Waals surface area contributed by atoms with Crippen LogP contribution in [0.4, 0.5) is 18.0 Å². The molecule has 4 nitrogen and oxygen atoms in total. The zero-order chi connectivity index (χ0) is 16.3. The van der Waals surface area contributed by atoms with Crippen LogP contribution in [0.1, 0.15) is 51.9 Å². The number of imide groups is 1. The molecule has 1 heterocycles. The minimum Gasteiger partial charge on any atom is -0.324 e. The summed E-state index contributed by atoms with van der Waals surface area (Å²) in [6.45, 7) is 2.91. The highest BCUT2D eigenvalue weighted by Gasteiger charge is 2.48. The highest BCUT2D eigenvalue weighted by Crippen LogP contribution is 2.29. The summed E-state index contributed by atoms with van der Waals surface area (Å²) in [4.78, 5) is 26.2. The van der Waals surface area contributed by atoms with Crippen molar-refractivity contribution in [3.05, 3.63) is 0 Å². The van der Waals surface area contributed by atoms with Crippen LogP contribution in [-0.4, -0.2) is 47.0 Å². The van der Waals surface area contributed by atoms with Gasteiger partial charge in [-0.15, -0.1) is 0 Å². The summed E-state index contributed by atoms with van der Waals surface area (Å²) < 4.78 is 38.6. The van der Waals surface area contributed by atoms with Crippen LogP contribution in [0, 0.1) is 5.92 Å². The molecule has 1 saturated carbocycles. The molecule has 0 spiro atoms. The molecular weight excluding hydrogens is 297 g/mol. The number of hydrogen-bond donors (Lipinski definition) is 0. The van der Waals surface area contributed by atoms with Gasteiger partial charge in [0.05, 0.1) is 0 Å². The Kier molecular flexibility index (Phi) is 5.34. The van der Waals surface area contributed by atoms with E-state index in [2.05, 4.69) is 6.92 Å². The molecule has 0 aromatic carbocycles. The van der Waals surface area contributed by atoms with Gasteiger partial charge in [0, 0.05) is 19.1 Å². The van der Waals surface area contributed by atoms with Crippen molar-refractivity contribution in [2.75, 3.05) is 13.1 Å². The van der Waals surface area contributed by atoms with Gasteiger partial charge < -0.3 is 4.90 Å². The van der Waals surface area contributed by atoms with Crippen LogP contribution in [-0.2, 0) is 4.79 Å². The summed E-state index contributed by atoms with van der Waals surface area (Å²) in [5.74, 6) is -1.55. The molecule has 1 saturated heterocycles. The summed E-state index contributed by atoms with van der Waals surface area (Å²) in [6, 6.07) is -1.38. The lowest BCUT2D eigenvalue weighted by Gasteiger charge is -2.38. The molecule has 0 atom stereocenters. The van der Waals surface area contributed by atoms with Gasteiger partial charge in [-0.2, -0.15) is 13.2 Å². The molecule has 22 heavy (non-hydrogen) atoms. The van der Waals surface area contributed by atoms with E-state index < -0.39 is 24.2 Å². The number of halogens is 3. The van der Waals surface area contributed by atoms with Crippen molar-refractivity contribution < 1.29 is 22.8 Å². The SMILES string of the molecule is CC1CCN(C(=O)N(C(=O)C(F)(F)F)C2CCCCC2)CC1. The molecule has 0 aromatic rings. The van der Waals surface area contributed by atoms with Gasteiger partial charge in [-0.25, -0.2) is 4.79 Å². The van der Waals surface area contributed by atoms with E-state index in [-0.39, 0.29) is 0 Å². The standard InChI is InChI=1S/C15H23F3N2O2/c1-11-7-9-19(10-8-11)14(22)20(13(21)15(16,17)18)12-5-3-2-4-6-12/h11-12H,2-10H2,1H3. The van der Waals surface area contributed by atoms with Crippen LogP contribution in [0.5, 0.6) is 0 Å². The van der Waals surface area contributed by atoms with E-state index in [1.54, 1.807) is 0 Å². The third-order valence-electron chi connectivity index (χ3n) is 4.66. The maximum absolute atomic E-state index is 12.9. The number of piperidine rings is 1. The van der Waals surface area contributed by atoms with Gasteiger partial charge in [0.25, 0.3) is 0 Å². The number of nitrogens with zero attached hydrogens (tertiary/aromatic N) is 2. The first kappa shape index (κ1) is 17.1. The van der Waals surface area contributed by atoms with E-state index in [4.69, 9.17) is 0 Å². The Labute approximate surface area is 128 Å². The molecule has 0 radical (unpaired) electrons. The lowest BCUT2D eigenvalue weighted by atomic mass is 9.94. The molecule has 7 heteroatoms. The zero-order valence-electron chi connectivity index (χ0n) is 12.9. The fraction of sp³-hybridized carbons (Fsp3) is 0.867. The molecule has 0 aromatic heterocycles. The third kappa shape index (κ3) is 3.93. The van der Waals surface area contributed by atoms with Crippen LogP contribution >= 0.6 is 0 Å². The van der Waals surface area contributed by atoms with E-state index in [1.807, 2.05) is 0 Å². The highest BCUT2D eigenvalue weighted by molar-refractivity contribution is 5.97. The quantitative estimate of drug-likeness (QED) is 0.741. The van der Waals surface area contributed by atoms with Crippen molar-refractivity contribution in [2.45, 2.75) is 64.1 Å². The van der Waals surface area contributed by atoms with E-state index >= 15 is 0 Å². The van der Waals surface area contributed by atoms with Crippen molar-refractivity contribution in [2.24, 2.45) is 5.92 Å². The van der Waals surface area contributed by atoms with Crippen LogP contribution in [0.25, 0.3) is 0 Å². The van der Waals surface area contributed by atoms with Gasteiger partial charge in [0.2, 0.25) is 0 Å². The molecule has 2 aliphatic rings. The number of amides is 3. The Balaban J connectivity index is 2.15. The molecule has 0 N–H and O–H groups in total. The maximum Gasteiger partial charge on any atom is 0.471 e. The van der Waals surface area contributed by atoms with E-state index in [9.17, 15) is 22.8 Å². The second kappa shape index (κ2) is 6.87. The predicted octanol–water partition coefficient (Wildman–Crippen LogP) is 3.56. The summed E-state index contributed by atoms with van der Waals surface area (Å²) in [7, 11) is 0. The molecule has 1 aliphatic heterocycles. The first-order chi connectivity index (χ1) is 10.3. The molecule has 2 rings (SSSR count). The van der Waals surface area contributed by atoms with Crippen LogP contribution in [0.2, 0.25) is 0 Å². The maximum atomic E-state index is 12.9. The summed E-state index contributed by atoms with van der Waals surface area (Å²) in [5.41, 5.74) is 0. The monoisotopic (exact) mass is 320 g/mol. The van der Waals surface area contributed by atoms with Gasteiger partial charge in [-0.1, -0.05) is 26.2 Å². The molecule has 126 valence electrons. The largest absolute Gasteiger partial charge is 0.471 e. The Morgan fingerprint density at radius 2 is 1.55 bits per heavy atom. The molecule has 0 bridgehead atoms. The van der Waals surface area contributed by atoms with Crippen molar-refractivity contribution in [1.82, 2.24) is 9.80 Å². The number of carbonyl (C=O) groups is 2. The van der Waals surface area contributed by atoms with E-state index in [0.29, 0.717) is 36.7 Å². The van der Waals surface area contributed by atoms with Gasteiger partial charge in [0.15, 0.2) is 0 Å². The second-order valence-electron chi connectivity index (χ2n) is 6.42. The number of likely N-dealkylation sites (tertiary alicyclic amines) is 1. The zero-order valence-corrected chi connectivity index (χ0v) is 12.9. The number of urea groups is 1. The average Bonchev–Trinajstić information content (AvgIpc) is 2.48.